The Balaban J connectivity index is 1.35. The lowest BCUT2D eigenvalue weighted by atomic mass is 9.89. The summed E-state index contributed by atoms with van der Waals surface area (Å²) in [6.45, 7) is 5.57. The minimum absolute atomic E-state index is 0.145. The molecule has 1 aliphatic heterocycles. The second-order valence-electron chi connectivity index (χ2n) is 7.83. The number of amides is 1. The van der Waals surface area contributed by atoms with Gasteiger partial charge in [-0.15, -0.1) is 0 Å². The van der Waals surface area contributed by atoms with E-state index in [1.165, 1.54) is 39.2 Å². The van der Waals surface area contributed by atoms with E-state index in [0.717, 1.165) is 44.8 Å². The Morgan fingerprint density at radius 1 is 1.15 bits per heavy atom. The van der Waals surface area contributed by atoms with Crippen LogP contribution in [0.1, 0.15) is 37.7 Å². The molecule has 0 bridgehead atoms. The number of hydrogen-bond donors (Lipinski definition) is 1. The van der Waals surface area contributed by atoms with Crippen LogP contribution in [0, 0.1) is 11.7 Å². The number of ether oxygens (including phenoxy) is 1. The standard InChI is InChI=1S/C21H32FN3O2/c1-27-20-8-7-18(13-19(20)22)15-24-9-11-25(12-10-24)16-21(26)23-14-17-5-3-2-4-6-17/h7-8,13,17H,2-6,9-12,14-16H2,1H3,(H,23,26). The van der Waals surface area contributed by atoms with Gasteiger partial charge in [0.15, 0.2) is 11.6 Å². The molecule has 1 saturated heterocycles. The van der Waals surface area contributed by atoms with E-state index in [0.29, 0.717) is 12.5 Å². The van der Waals surface area contributed by atoms with Crippen LogP contribution in [0.15, 0.2) is 18.2 Å². The zero-order valence-corrected chi connectivity index (χ0v) is 16.4. The van der Waals surface area contributed by atoms with Crippen LogP contribution in [0.3, 0.4) is 0 Å². The van der Waals surface area contributed by atoms with Gasteiger partial charge in [0.25, 0.3) is 0 Å². The van der Waals surface area contributed by atoms with Crippen LogP contribution in [0.4, 0.5) is 4.39 Å². The van der Waals surface area contributed by atoms with E-state index in [2.05, 4.69) is 15.1 Å². The molecule has 1 aliphatic carbocycles. The average molecular weight is 378 g/mol. The second-order valence-corrected chi connectivity index (χ2v) is 7.83. The average Bonchev–Trinajstić information content (AvgIpc) is 2.69. The fourth-order valence-corrected chi connectivity index (χ4v) is 4.08. The number of carbonyl (C=O) groups excluding carboxylic acids is 1. The van der Waals surface area contributed by atoms with E-state index in [1.807, 2.05) is 6.07 Å². The molecule has 5 nitrogen and oxygen atoms in total. The van der Waals surface area contributed by atoms with Crippen molar-refractivity contribution in [3.05, 3.63) is 29.6 Å². The number of nitrogens with zero attached hydrogens (tertiary/aromatic N) is 2. The predicted molar refractivity (Wildman–Crippen MR) is 104 cm³/mol. The second kappa shape index (κ2) is 10.0. The maximum atomic E-state index is 13.8. The third-order valence-electron chi connectivity index (χ3n) is 5.77. The smallest absolute Gasteiger partial charge is 0.234 e. The molecule has 3 rings (SSSR count). The summed E-state index contributed by atoms with van der Waals surface area (Å²) >= 11 is 0. The van der Waals surface area contributed by atoms with Crippen molar-refractivity contribution in [1.82, 2.24) is 15.1 Å². The summed E-state index contributed by atoms with van der Waals surface area (Å²) in [5, 5.41) is 3.12. The van der Waals surface area contributed by atoms with Crippen molar-refractivity contribution in [2.24, 2.45) is 5.92 Å². The highest BCUT2D eigenvalue weighted by Gasteiger charge is 2.20. The van der Waals surface area contributed by atoms with Crippen molar-refractivity contribution in [3.63, 3.8) is 0 Å². The molecule has 0 atom stereocenters. The summed E-state index contributed by atoms with van der Waals surface area (Å²) < 4.78 is 18.8. The quantitative estimate of drug-likeness (QED) is 0.794. The van der Waals surface area contributed by atoms with Gasteiger partial charge in [0.1, 0.15) is 0 Å². The Hall–Kier alpha value is -1.66. The van der Waals surface area contributed by atoms with Crippen molar-refractivity contribution in [2.45, 2.75) is 38.6 Å². The highest BCUT2D eigenvalue weighted by atomic mass is 19.1. The molecule has 0 unspecified atom stereocenters. The van der Waals surface area contributed by atoms with Gasteiger partial charge in [0.05, 0.1) is 13.7 Å². The molecule has 0 spiro atoms. The SMILES string of the molecule is COc1ccc(CN2CCN(CC(=O)NCC3CCCCC3)CC2)cc1F. The first-order valence-electron chi connectivity index (χ1n) is 10.2. The van der Waals surface area contributed by atoms with E-state index in [-0.39, 0.29) is 17.5 Å². The first-order valence-corrected chi connectivity index (χ1v) is 10.2. The molecule has 1 N–H and O–H groups in total. The summed E-state index contributed by atoms with van der Waals surface area (Å²) in [5.41, 5.74) is 0.951. The minimum atomic E-state index is -0.316. The van der Waals surface area contributed by atoms with Crippen molar-refractivity contribution < 1.29 is 13.9 Å². The van der Waals surface area contributed by atoms with Gasteiger partial charge in [-0.3, -0.25) is 14.6 Å². The molecule has 1 aromatic carbocycles. The zero-order valence-electron chi connectivity index (χ0n) is 16.4. The first-order chi connectivity index (χ1) is 13.1. The van der Waals surface area contributed by atoms with Gasteiger partial charge in [-0.25, -0.2) is 4.39 Å². The molecule has 2 fully saturated rings. The summed E-state index contributed by atoms with van der Waals surface area (Å²) in [6.07, 6.45) is 6.47. The van der Waals surface area contributed by atoms with Crippen LogP contribution < -0.4 is 10.1 Å². The van der Waals surface area contributed by atoms with Crippen LogP contribution in [0.25, 0.3) is 0 Å². The molecule has 2 aliphatic rings. The monoisotopic (exact) mass is 377 g/mol. The Labute approximate surface area is 161 Å². The molecular weight excluding hydrogens is 345 g/mol. The lowest BCUT2D eigenvalue weighted by molar-refractivity contribution is -0.122. The highest BCUT2D eigenvalue weighted by molar-refractivity contribution is 5.78. The number of hydrogen-bond acceptors (Lipinski definition) is 4. The number of halogens is 1. The highest BCUT2D eigenvalue weighted by Crippen LogP contribution is 2.22. The van der Waals surface area contributed by atoms with Crippen LogP contribution >= 0.6 is 0 Å². The fourth-order valence-electron chi connectivity index (χ4n) is 4.08. The third-order valence-corrected chi connectivity index (χ3v) is 5.77. The van der Waals surface area contributed by atoms with Crippen molar-refractivity contribution in [1.29, 1.82) is 0 Å². The molecule has 1 saturated carbocycles. The van der Waals surface area contributed by atoms with Gasteiger partial charge in [0.2, 0.25) is 5.91 Å². The summed E-state index contributed by atoms with van der Waals surface area (Å²) in [6, 6.07) is 5.13. The van der Waals surface area contributed by atoms with Gasteiger partial charge in [0, 0.05) is 39.3 Å². The molecule has 0 aromatic heterocycles. The van der Waals surface area contributed by atoms with Gasteiger partial charge in [-0.2, -0.15) is 0 Å². The summed E-state index contributed by atoms with van der Waals surface area (Å²) in [7, 11) is 1.47. The molecule has 1 heterocycles. The van der Waals surface area contributed by atoms with Gasteiger partial charge in [-0.1, -0.05) is 25.3 Å². The number of benzene rings is 1. The Bertz CT molecular complexity index is 611. The molecule has 150 valence electrons. The number of piperazine rings is 1. The van der Waals surface area contributed by atoms with E-state index in [1.54, 1.807) is 12.1 Å². The first kappa shape index (κ1) is 20.1. The van der Waals surface area contributed by atoms with E-state index < -0.39 is 0 Å². The summed E-state index contributed by atoms with van der Waals surface area (Å²) in [5.74, 6) is 0.779. The molecule has 6 heteroatoms. The van der Waals surface area contributed by atoms with Crippen LogP contribution in [0.2, 0.25) is 0 Å². The van der Waals surface area contributed by atoms with Crippen molar-refractivity contribution >= 4 is 5.91 Å². The number of carbonyl (C=O) groups is 1. The number of nitrogens with one attached hydrogen (secondary N) is 1. The lowest BCUT2D eigenvalue weighted by Gasteiger charge is -2.34. The van der Waals surface area contributed by atoms with Crippen LogP contribution in [-0.4, -0.2) is 62.1 Å². The minimum Gasteiger partial charge on any atom is -0.494 e. The normalized spacial score (nSPS) is 19.8. The fraction of sp³-hybridized carbons (Fsp3) is 0.667. The molecule has 1 aromatic rings. The van der Waals surface area contributed by atoms with E-state index in [9.17, 15) is 9.18 Å². The molecule has 0 radical (unpaired) electrons. The predicted octanol–water partition coefficient (Wildman–Crippen LogP) is 2.65. The third kappa shape index (κ3) is 6.18. The zero-order chi connectivity index (χ0) is 19.1. The number of rotatable bonds is 7. The Morgan fingerprint density at radius 2 is 1.85 bits per heavy atom. The maximum Gasteiger partial charge on any atom is 0.234 e. The van der Waals surface area contributed by atoms with Gasteiger partial charge >= 0.3 is 0 Å². The van der Waals surface area contributed by atoms with Crippen molar-refractivity contribution in [3.8, 4) is 5.75 Å². The molecular formula is C21H32FN3O2. The Morgan fingerprint density at radius 3 is 2.52 bits per heavy atom. The van der Waals surface area contributed by atoms with Gasteiger partial charge in [-0.05, 0) is 36.5 Å². The molecule has 27 heavy (non-hydrogen) atoms. The lowest BCUT2D eigenvalue weighted by Crippen LogP contribution is -2.49. The van der Waals surface area contributed by atoms with E-state index in [4.69, 9.17) is 4.74 Å². The topological polar surface area (TPSA) is 44.8 Å². The van der Waals surface area contributed by atoms with Gasteiger partial charge < -0.3 is 10.1 Å². The van der Waals surface area contributed by atoms with Crippen LogP contribution in [-0.2, 0) is 11.3 Å². The maximum absolute atomic E-state index is 13.8. The van der Waals surface area contributed by atoms with Crippen molar-refractivity contribution in [2.75, 3.05) is 46.4 Å². The summed E-state index contributed by atoms with van der Waals surface area (Å²) in [4.78, 5) is 16.7. The van der Waals surface area contributed by atoms with E-state index >= 15 is 0 Å². The molecule has 1 amide bonds. The largest absolute Gasteiger partial charge is 0.494 e. The Kier molecular flexibility index (Phi) is 7.47. The number of methoxy groups -OCH3 is 1. The van der Waals surface area contributed by atoms with Crippen LogP contribution in [0.5, 0.6) is 5.75 Å².